The second-order valence-electron chi connectivity index (χ2n) is 4.37. The normalized spacial score (nSPS) is 10.2. The van der Waals surface area contributed by atoms with Gasteiger partial charge in [0.15, 0.2) is 5.11 Å². The topological polar surface area (TPSA) is 67.2 Å². The van der Waals surface area contributed by atoms with E-state index < -0.39 is 4.92 Å². The molecule has 0 aliphatic heterocycles. The Morgan fingerprint density at radius 2 is 2.00 bits per heavy atom. The molecule has 18 heavy (non-hydrogen) atoms. The molecule has 0 saturated heterocycles. The zero-order valence-corrected chi connectivity index (χ0v) is 11.3. The van der Waals surface area contributed by atoms with Crippen LogP contribution in [0.2, 0.25) is 0 Å². The van der Waals surface area contributed by atoms with Crippen LogP contribution in [-0.4, -0.2) is 16.6 Å². The summed E-state index contributed by atoms with van der Waals surface area (Å²) in [4.78, 5) is 10.1. The van der Waals surface area contributed by atoms with Gasteiger partial charge >= 0.3 is 0 Å². The lowest BCUT2D eigenvalue weighted by Crippen LogP contribution is -2.29. The zero-order chi connectivity index (χ0) is 13.5. The highest BCUT2D eigenvalue weighted by atomic mass is 32.1. The number of non-ortho nitro benzene ring substituents is 1. The van der Waals surface area contributed by atoms with Gasteiger partial charge in [-0.25, -0.2) is 0 Å². The maximum absolute atomic E-state index is 10.5. The van der Waals surface area contributed by atoms with Gasteiger partial charge in [0.25, 0.3) is 5.69 Å². The molecule has 6 heteroatoms. The number of nitrogens with one attached hydrogen (secondary N) is 2. The monoisotopic (exact) mass is 267 g/mol. The number of benzene rings is 1. The maximum atomic E-state index is 10.5. The molecule has 0 spiro atoms. The van der Waals surface area contributed by atoms with Gasteiger partial charge < -0.3 is 10.6 Å². The Hall–Kier alpha value is -1.69. The lowest BCUT2D eigenvalue weighted by molar-refractivity contribution is -0.384. The molecule has 0 unspecified atom stereocenters. The first-order valence-electron chi connectivity index (χ1n) is 5.78. The van der Waals surface area contributed by atoms with E-state index in [4.69, 9.17) is 12.2 Å². The first-order valence-corrected chi connectivity index (χ1v) is 6.19. The first-order chi connectivity index (χ1) is 8.49. The fraction of sp³-hybridized carbons (Fsp3) is 0.417. The minimum absolute atomic E-state index is 0.0687. The number of thiocarbonyl (C=S) groups is 1. The van der Waals surface area contributed by atoms with Gasteiger partial charge in [0.05, 0.1) is 4.92 Å². The number of hydrogen-bond donors (Lipinski definition) is 2. The van der Waals surface area contributed by atoms with Crippen molar-refractivity contribution in [3.05, 3.63) is 34.4 Å². The molecule has 0 radical (unpaired) electrons. The molecular weight excluding hydrogens is 250 g/mol. The summed E-state index contributed by atoms with van der Waals surface area (Å²) in [7, 11) is 0. The first kappa shape index (κ1) is 14.4. The largest absolute Gasteiger partial charge is 0.362 e. The summed E-state index contributed by atoms with van der Waals surface area (Å²) in [5, 5.41) is 17.1. The van der Waals surface area contributed by atoms with Crippen LogP contribution in [0.25, 0.3) is 0 Å². The predicted molar refractivity (Wildman–Crippen MR) is 76.8 cm³/mol. The van der Waals surface area contributed by atoms with Gasteiger partial charge in [-0.2, -0.15) is 0 Å². The fourth-order valence-corrected chi connectivity index (χ4v) is 1.54. The van der Waals surface area contributed by atoms with E-state index in [-0.39, 0.29) is 5.69 Å². The third-order valence-corrected chi connectivity index (χ3v) is 2.59. The summed E-state index contributed by atoms with van der Waals surface area (Å²) in [6, 6.07) is 6.15. The molecule has 0 amide bonds. The lowest BCUT2D eigenvalue weighted by Gasteiger charge is -2.11. The van der Waals surface area contributed by atoms with Gasteiger partial charge in [-0.05, 0) is 36.7 Å². The Balaban J connectivity index is 2.42. The molecule has 0 atom stereocenters. The van der Waals surface area contributed by atoms with Gasteiger partial charge in [-0.15, -0.1) is 0 Å². The van der Waals surface area contributed by atoms with Crippen molar-refractivity contribution in [1.29, 1.82) is 0 Å². The fourth-order valence-electron chi connectivity index (χ4n) is 1.32. The highest BCUT2D eigenvalue weighted by Crippen LogP contribution is 2.15. The molecule has 0 bridgehead atoms. The lowest BCUT2D eigenvalue weighted by atomic mass is 10.1. The quantitative estimate of drug-likeness (QED) is 0.488. The third-order valence-electron chi connectivity index (χ3n) is 2.34. The molecule has 1 aromatic carbocycles. The van der Waals surface area contributed by atoms with Gasteiger partial charge in [0.2, 0.25) is 0 Å². The SMILES string of the molecule is CC(C)CCNC(=S)Nc1ccc([N+](=O)[O-])cc1. The van der Waals surface area contributed by atoms with Crippen LogP contribution in [0, 0.1) is 16.0 Å². The number of nitro benzene ring substituents is 1. The Labute approximate surface area is 112 Å². The highest BCUT2D eigenvalue weighted by Gasteiger charge is 2.04. The Kier molecular flexibility index (Phi) is 5.51. The molecule has 0 aliphatic rings. The zero-order valence-electron chi connectivity index (χ0n) is 10.5. The number of hydrogen-bond acceptors (Lipinski definition) is 3. The van der Waals surface area contributed by atoms with Crippen molar-refractivity contribution in [2.75, 3.05) is 11.9 Å². The van der Waals surface area contributed by atoms with E-state index in [0.29, 0.717) is 11.0 Å². The van der Waals surface area contributed by atoms with E-state index in [1.54, 1.807) is 12.1 Å². The van der Waals surface area contributed by atoms with E-state index >= 15 is 0 Å². The summed E-state index contributed by atoms with van der Waals surface area (Å²) in [6.07, 6.45) is 1.04. The van der Waals surface area contributed by atoms with Crippen molar-refractivity contribution >= 4 is 28.7 Å². The Bertz CT molecular complexity index is 418. The molecule has 0 aromatic heterocycles. The second-order valence-corrected chi connectivity index (χ2v) is 4.78. The smallest absolute Gasteiger partial charge is 0.269 e. The molecule has 98 valence electrons. The predicted octanol–water partition coefficient (Wildman–Crippen LogP) is 2.93. The Morgan fingerprint density at radius 1 is 1.39 bits per heavy atom. The molecule has 0 saturated carbocycles. The molecule has 0 heterocycles. The van der Waals surface area contributed by atoms with Crippen molar-refractivity contribution in [1.82, 2.24) is 5.32 Å². The van der Waals surface area contributed by atoms with Gasteiger partial charge in [-0.1, -0.05) is 13.8 Å². The van der Waals surface area contributed by atoms with Crippen molar-refractivity contribution in [3.8, 4) is 0 Å². The van der Waals surface area contributed by atoms with Gasteiger partial charge in [-0.3, -0.25) is 10.1 Å². The average molecular weight is 267 g/mol. The molecule has 0 fully saturated rings. The van der Waals surface area contributed by atoms with E-state index in [2.05, 4.69) is 24.5 Å². The van der Waals surface area contributed by atoms with Crippen molar-refractivity contribution in [2.45, 2.75) is 20.3 Å². The highest BCUT2D eigenvalue weighted by molar-refractivity contribution is 7.80. The van der Waals surface area contributed by atoms with Crippen LogP contribution in [0.15, 0.2) is 24.3 Å². The van der Waals surface area contributed by atoms with E-state index in [1.165, 1.54) is 12.1 Å². The van der Waals surface area contributed by atoms with Gasteiger partial charge in [0.1, 0.15) is 0 Å². The number of anilines is 1. The van der Waals surface area contributed by atoms with Crippen LogP contribution in [0.4, 0.5) is 11.4 Å². The van der Waals surface area contributed by atoms with Gasteiger partial charge in [0, 0.05) is 24.4 Å². The molecule has 1 rings (SSSR count). The van der Waals surface area contributed by atoms with Crippen molar-refractivity contribution in [3.63, 3.8) is 0 Å². The van der Waals surface area contributed by atoms with Crippen molar-refractivity contribution in [2.24, 2.45) is 5.92 Å². The summed E-state index contributed by atoms with van der Waals surface area (Å²) in [6.45, 7) is 5.11. The van der Waals surface area contributed by atoms with Crippen molar-refractivity contribution < 1.29 is 4.92 Å². The summed E-state index contributed by atoms with van der Waals surface area (Å²) < 4.78 is 0. The minimum Gasteiger partial charge on any atom is -0.362 e. The van der Waals surface area contributed by atoms with Crippen LogP contribution < -0.4 is 10.6 Å². The van der Waals surface area contributed by atoms with Crippen LogP contribution in [-0.2, 0) is 0 Å². The van der Waals surface area contributed by atoms with Crippen LogP contribution in [0.5, 0.6) is 0 Å². The summed E-state index contributed by atoms with van der Waals surface area (Å²) in [5.41, 5.74) is 0.807. The minimum atomic E-state index is -0.428. The summed E-state index contributed by atoms with van der Waals surface area (Å²) in [5.74, 6) is 0.625. The molecule has 0 aliphatic carbocycles. The molecule has 5 nitrogen and oxygen atoms in total. The molecule has 2 N–H and O–H groups in total. The van der Waals surface area contributed by atoms with E-state index in [1.807, 2.05) is 0 Å². The second kappa shape index (κ2) is 6.90. The average Bonchev–Trinajstić information content (AvgIpc) is 2.29. The maximum Gasteiger partial charge on any atom is 0.269 e. The third kappa shape index (κ3) is 5.09. The standard InChI is InChI=1S/C12H17N3O2S/c1-9(2)7-8-13-12(18)14-10-3-5-11(6-4-10)15(16)17/h3-6,9H,7-8H2,1-2H3,(H2,13,14,18). The van der Waals surface area contributed by atoms with E-state index in [0.717, 1.165) is 18.7 Å². The number of rotatable bonds is 5. The van der Waals surface area contributed by atoms with E-state index in [9.17, 15) is 10.1 Å². The summed E-state index contributed by atoms with van der Waals surface area (Å²) >= 11 is 5.12. The van der Waals surface area contributed by atoms with Crippen LogP contribution in [0.3, 0.4) is 0 Å². The molecule has 1 aromatic rings. The van der Waals surface area contributed by atoms with Crippen LogP contribution >= 0.6 is 12.2 Å². The Morgan fingerprint density at radius 3 is 2.50 bits per heavy atom. The number of nitro groups is 1. The molecular formula is C12H17N3O2S. The van der Waals surface area contributed by atoms with Crippen LogP contribution in [0.1, 0.15) is 20.3 Å². The number of nitrogens with zero attached hydrogens (tertiary/aromatic N) is 1.